The molecule has 1 aromatic carbocycles. The van der Waals surface area contributed by atoms with Crippen LogP contribution in [0.5, 0.6) is 5.75 Å². The third kappa shape index (κ3) is 2.51. The maximum Gasteiger partial charge on any atom is 0.206 e. The van der Waals surface area contributed by atoms with Crippen molar-refractivity contribution < 1.29 is 9.53 Å². The van der Waals surface area contributed by atoms with Crippen LogP contribution in [0.4, 0.5) is 0 Å². The molecule has 88 valence electrons. The number of aryl methyl sites for hydroxylation is 1. The van der Waals surface area contributed by atoms with Crippen molar-refractivity contribution in [2.75, 3.05) is 7.11 Å². The second kappa shape index (κ2) is 4.90. The molecule has 0 aliphatic heterocycles. The van der Waals surface area contributed by atoms with Crippen molar-refractivity contribution in [2.45, 2.75) is 6.92 Å². The van der Waals surface area contributed by atoms with Gasteiger partial charge in [0.2, 0.25) is 5.78 Å². The minimum Gasteiger partial charge on any atom is -0.496 e. The molecule has 1 heterocycles. The highest BCUT2D eigenvalue weighted by atomic mass is 35.5. The number of methoxy groups -OCH3 is 1. The van der Waals surface area contributed by atoms with Crippen molar-refractivity contribution in [3.05, 3.63) is 50.7 Å². The molecule has 0 unspecified atom stereocenters. The average Bonchev–Trinajstić information content (AvgIpc) is 2.75. The van der Waals surface area contributed by atoms with Gasteiger partial charge in [-0.3, -0.25) is 4.79 Å². The molecule has 0 radical (unpaired) electrons. The lowest BCUT2D eigenvalue weighted by Gasteiger charge is -2.06. The van der Waals surface area contributed by atoms with Gasteiger partial charge >= 0.3 is 0 Å². The summed E-state index contributed by atoms with van der Waals surface area (Å²) in [6.45, 7) is 1.97. The van der Waals surface area contributed by atoms with E-state index < -0.39 is 0 Å². The number of carbonyl (C=O) groups excluding carboxylic acids is 1. The number of rotatable bonds is 3. The SMILES string of the molecule is COc1ccc(Cl)cc1C(=O)c1ccc(C)s1. The Balaban J connectivity index is 2.46. The van der Waals surface area contributed by atoms with Crippen LogP contribution < -0.4 is 4.74 Å². The molecule has 2 rings (SSSR count). The molecule has 2 nitrogen and oxygen atoms in total. The fraction of sp³-hybridized carbons (Fsp3) is 0.154. The summed E-state index contributed by atoms with van der Waals surface area (Å²) in [5.41, 5.74) is 0.502. The lowest BCUT2D eigenvalue weighted by molar-refractivity contribution is 0.103. The third-order valence-electron chi connectivity index (χ3n) is 2.37. The first-order valence-electron chi connectivity index (χ1n) is 5.06. The highest BCUT2D eigenvalue weighted by molar-refractivity contribution is 7.14. The summed E-state index contributed by atoms with van der Waals surface area (Å²) in [7, 11) is 1.54. The van der Waals surface area contributed by atoms with Gasteiger partial charge in [-0.1, -0.05) is 11.6 Å². The number of ketones is 1. The Labute approximate surface area is 109 Å². The predicted octanol–water partition coefficient (Wildman–Crippen LogP) is 3.95. The molecule has 1 aromatic heterocycles. The smallest absolute Gasteiger partial charge is 0.206 e. The molecule has 0 saturated heterocycles. The molecule has 0 bridgehead atoms. The van der Waals surface area contributed by atoms with Gasteiger partial charge in [0, 0.05) is 9.90 Å². The summed E-state index contributed by atoms with van der Waals surface area (Å²) in [4.78, 5) is 14.1. The van der Waals surface area contributed by atoms with Crippen molar-refractivity contribution in [1.82, 2.24) is 0 Å². The minimum absolute atomic E-state index is 0.0533. The summed E-state index contributed by atoms with van der Waals surface area (Å²) in [6.07, 6.45) is 0. The first-order valence-corrected chi connectivity index (χ1v) is 6.26. The lowest BCUT2D eigenvalue weighted by Crippen LogP contribution is -2.01. The van der Waals surface area contributed by atoms with Crippen molar-refractivity contribution in [1.29, 1.82) is 0 Å². The minimum atomic E-state index is -0.0533. The van der Waals surface area contributed by atoms with E-state index in [9.17, 15) is 4.79 Å². The topological polar surface area (TPSA) is 26.3 Å². The standard InChI is InChI=1S/C13H11ClO2S/c1-8-3-6-12(17-8)13(15)10-7-9(14)4-5-11(10)16-2/h3-7H,1-2H3. The van der Waals surface area contributed by atoms with Crippen molar-refractivity contribution in [3.63, 3.8) is 0 Å². The Morgan fingerprint density at radius 2 is 2.06 bits per heavy atom. The Kier molecular flexibility index (Phi) is 3.50. The summed E-state index contributed by atoms with van der Waals surface area (Å²) >= 11 is 7.37. The Morgan fingerprint density at radius 1 is 1.29 bits per heavy atom. The molecular formula is C13H11ClO2S. The molecule has 0 N–H and O–H groups in total. The summed E-state index contributed by atoms with van der Waals surface area (Å²) < 4.78 is 5.17. The molecule has 0 spiro atoms. The van der Waals surface area contributed by atoms with E-state index in [1.54, 1.807) is 25.3 Å². The maximum atomic E-state index is 12.3. The fourth-order valence-electron chi connectivity index (χ4n) is 1.55. The maximum absolute atomic E-state index is 12.3. The van der Waals surface area contributed by atoms with Crippen LogP contribution in [0.25, 0.3) is 0 Å². The molecule has 0 fully saturated rings. The van der Waals surface area contributed by atoms with Crippen molar-refractivity contribution in [2.24, 2.45) is 0 Å². The van der Waals surface area contributed by atoms with Crippen LogP contribution in [0.2, 0.25) is 5.02 Å². The second-order valence-corrected chi connectivity index (χ2v) is 5.31. The van der Waals surface area contributed by atoms with Gasteiger partial charge in [0.05, 0.1) is 17.6 Å². The summed E-state index contributed by atoms with van der Waals surface area (Å²) in [5, 5.41) is 0.530. The van der Waals surface area contributed by atoms with E-state index in [1.165, 1.54) is 11.3 Å². The van der Waals surface area contributed by atoms with Gasteiger partial charge in [-0.05, 0) is 37.3 Å². The highest BCUT2D eigenvalue weighted by Crippen LogP contribution is 2.27. The number of carbonyl (C=O) groups is 1. The van der Waals surface area contributed by atoms with Crippen LogP contribution in [0.1, 0.15) is 20.1 Å². The number of halogens is 1. The largest absolute Gasteiger partial charge is 0.496 e. The number of hydrogen-bond donors (Lipinski definition) is 0. The zero-order valence-corrected chi connectivity index (χ0v) is 11.1. The van der Waals surface area contributed by atoms with E-state index in [-0.39, 0.29) is 5.78 Å². The van der Waals surface area contributed by atoms with Crippen LogP contribution in [-0.2, 0) is 0 Å². The van der Waals surface area contributed by atoms with Gasteiger partial charge in [-0.25, -0.2) is 0 Å². The molecule has 0 atom stereocenters. The van der Waals surface area contributed by atoms with Gasteiger partial charge in [-0.2, -0.15) is 0 Å². The van der Waals surface area contributed by atoms with Gasteiger partial charge in [0.15, 0.2) is 0 Å². The molecule has 0 amide bonds. The van der Waals surface area contributed by atoms with Crippen LogP contribution in [0.15, 0.2) is 30.3 Å². The molecule has 0 aliphatic carbocycles. The first kappa shape index (κ1) is 12.1. The number of thiophene rings is 1. The number of hydrogen-bond acceptors (Lipinski definition) is 3. The Bertz CT molecular complexity index is 560. The van der Waals surface area contributed by atoms with E-state index in [0.29, 0.717) is 21.2 Å². The molecule has 0 saturated carbocycles. The first-order chi connectivity index (χ1) is 8.11. The Hall–Kier alpha value is -1.32. The predicted molar refractivity (Wildman–Crippen MR) is 70.5 cm³/mol. The summed E-state index contributed by atoms with van der Waals surface area (Å²) in [5.74, 6) is 0.493. The second-order valence-electron chi connectivity index (χ2n) is 3.58. The Morgan fingerprint density at radius 3 is 2.65 bits per heavy atom. The molecule has 4 heteroatoms. The van der Waals surface area contributed by atoms with Gasteiger partial charge in [-0.15, -0.1) is 11.3 Å². The average molecular weight is 267 g/mol. The van der Waals surface area contributed by atoms with Crippen molar-refractivity contribution >= 4 is 28.7 Å². The van der Waals surface area contributed by atoms with Crippen LogP contribution in [0.3, 0.4) is 0 Å². The lowest BCUT2D eigenvalue weighted by atomic mass is 10.1. The molecule has 17 heavy (non-hydrogen) atoms. The highest BCUT2D eigenvalue weighted by Gasteiger charge is 2.16. The van der Waals surface area contributed by atoms with Gasteiger partial charge in [0.25, 0.3) is 0 Å². The zero-order valence-electron chi connectivity index (χ0n) is 9.49. The van der Waals surface area contributed by atoms with E-state index in [4.69, 9.17) is 16.3 Å². The fourth-order valence-corrected chi connectivity index (χ4v) is 2.54. The van der Waals surface area contributed by atoms with Gasteiger partial charge < -0.3 is 4.74 Å². The van der Waals surface area contributed by atoms with Crippen LogP contribution in [-0.4, -0.2) is 12.9 Å². The van der Waals surface area contributed by atoms with Gasteiger partial charge in [0.1, 0.15) is 5.75 Å². The van der Waals surface area contributed by atoms with E-state index in [0.717, 1.165) is 4.88 Å². The van der Waals surface area contributed by atoms with Crippen LogP contribution >= 0.6 is 22.9 Å². The zero-order chi connectivity index (χ0) is 12.4. The normalized spacial score (nSPS) is 10.3. The summed E-state index contributed by atoms with van der Waals surface area (Å²) in [6, 6.07) is 8.79. The number of ether oxygens (including phenoxy) is 1. The van der Waals surface area contributed by atoms with Crippen LogP contribution in [0, 0.1) is 6.92 Å². The van der Waals surface area contributed by atoms with E-state index in [2.05, 4.69) is 0 Å². The van der Waals surface area contributed by atoms with Crippen molar-refractivity contribution in [3.8, 4) is 5.75 Å². The molecular weight excluding hydrogens is 256 g/mol. The monoisotopic (exact) mass is 266 g/mol. The molecule has 0 aliphatic rings. The molecule has 2 aromatic rings. The van der Waals surface area contributed by atoms with E-state index >= 15 is 0 Å². The van der Waals surface area contributed by atoms with E-state index in [1.807, 2.05) is 19.1 Å². The quantitative estimate of drug-likeness (QED) is 0.787. The number of benzene rings is 1. The third-order valence-corrected chi connectivity index (χ3v) is 3.60.